The van der Waals surface area contributed by atoms with Crippen LogP contribution in [0.4, 0.5) is 0 Å². The SMILES string of the molecule is CN1CC[CH]CC1CC1CCCO1. The summed E-state index contributed by atoms with van der Waals surface area (Å²) in [6.07, 6.45) is 9.30. The fraction of sp³-hybridized carbons (Fsp3) is 0.909. The summed E-state index contributed by atoms with van der Waals surface area (Å²) in [5, 5.41) is 0. The van der Waals surface area contributed by atoms with Crippen molar-refractivity contribution in [2.45, 2.75) is 44.2 Å². The summed E-state index contributed by atoms with van der Waals surface area (Å²) in [5.74, 6) is 0. The molecule has 2 unspecified atom stereocenters. The molecule has 75 valence electrons. The fourth-order valence-corrected chi connectivity index (χ4v) is 2.38. The van der Waals surface area contributed by atoms with Gasteiger partial charge in [-0.3, -0.25) is 0 Å². The fourth-order valence-electron chi connectivity index (χ4n) is 2.38. The van der Waals surface area contributed by atoms with Gasteiger partial charge in [-0.15, -0.1) is 0 Å². The van der Waals surface area contributed by atoms with Crippen molar-refractivity contribution in [2.24, 2.45) is 0 Å². The van der Waals surface area contributed by atoms with Gasteiger partial charge in [0.1, 0.15) is 0 Å². The summed E-state index contributed by atoms with van der Waals surface area (Å²) in [6, 6.07) is 0.747. The first-order valence-corrected chi connectivity index (χ1v) is 5.50. The van der Waals surface area contributed by atoms with E-state index in [9.17, 15) is 0 Å². The number of likely N-dealkylation sites (tertiary alicyclic amines) is 1. The maximum absolute atomic E-state index is 5.66. The molecule has 0 amide bonds. The van der Waals surface area contributed by atoms with Gasteiger partial charge in [-0.1, -0.05) is 0 Å². The predicted molar refractivity (Wildman–Crippen MR) is 53.5 cm³/mol. The first kappa shape index (κ1) is 9.47. The molecule has 2 aliphatic heterocycles. The van der Waals surface area contributed by atoms with Crippen LogP contribution in [-0.4, -0.2) is 37.2 Å². The zero-order valence-corrected chi connectivity index (χ0v) is 8.54. The molecule has 13 heavy (non-hydrogen) atoms. The van der Waals surface area contributed by atoms with Crippen LogP contribution in [0, 0.1) is 6.42 Å². The highest BCUT2D eigenvalue weighted by atomic mass is 16.5. The summed E-state index contributed by atoms with van der Waals surface area (Å²) in [6.45, 7) is 2.22. The molecular weight excluding hydrogens is 162 g/mol. The second kappa shape index (κ2) is 4.43. The maximum Gasteiger partial charge on any atom is 0.0590 e. The monoisotopic (exact) mass is 182 g/mol. The molecule has 2 heterocycles. The van der Waals surface area contributed by atoms with Crippen LogP contribution in [-0.2, 0) is 4.74 Å². The molecule has 2 fully saturated rings. The van der Waals surface area contributed by atoms with Crippen LogP contribution in [0.15, 0.2) is 0 Å². The van der Waals surface area contributed by atoms with E-state index in [1.807, 2.05) is 0 Å². The van der Waals surface area contributed by atoms with E-state index in [-0.39, 0.29) is 0 Å². The van der Waals surface area contributed by atoms with Gasteiger partial charge in [0.05, 0.1) is 6.10 Å². The average Bonchev–Trinajstić information content (AvgIpc) is 2.61. The van der Waals surface area contributed by atoms with Crippen molar-refractivity contribution in [1.29, 1.82) is 0 Å². The molecule has 2 aliphatic rings. The quantitative estimate of drug-likeness (QED) is 0.646. The Balaban J connectivity index is 1.78. The molecule has 0 bridgehead atoms. The molecule has 1 radical (unpaired) electrons. The van der Waals surface area contributed by atoms with Crippen molar-refractivity contribution < 1.29 is 4.74 Å². The summed E-state index contributed by atoms with van der Waals surface area (Å²) >= 11 is 0. The summed E-state index contributed by atoms with van der Waals surface area (Å²) in [7, 11) is 2.24. The van der Waals surface area contributed by atoms with E-state index in [1.54, 1.807) is 0 Å². The van der Waals surface area contributed by atoms with Gasteiger partial charge in [0.2, 0.25) is 0 Å². The lowest BCUT2D eigenvalue weighted by Gasteiger charge is -2.33. The average molecular weight is 182 g/mol. The van der Waals surface area contributed by atoms with Crippen molar-refractivity contribution in [3.05, 3.63) is 6.42 Å². The van der Waals surface area contributed by atoms with E-state index in [0.717, 1.165) is 12.6 Å². The maximum atomic E-state index is 5.66. The Morgan fingerprint density at radius 2 is 2.46 bits per heavy atom. The van der Waals surface area contributed by atoms with Crippen molar-refractivity contribution in [1.82, 2.24) is 4.90 Å². The topological polar surface area (TPSA) is 12.5 Å². The number of nitrogens with zero attached hydrogens (tertiary/aromatic N) is 1. The molecule has 2 heteroatoms. The highest BCUT2D eigenvalue weighted by molar-refractivity contribution is 4.86. The molecule has 0 N–H and O–H groups in total. The van der Waals surface area contributed by atoms with E-state index < -0.39 is 0 Å². The first-order valence-electron chi connectivity index (χ1n) is 5.50. The lowest BCUT2D eigenvalue weighted by atomic mass is 9.96. The molecule has 2 saturated heterocycles. The lowest BCUT2D eigenvalue weighted by Crippen LogP contribution is -2.38. The van der Waals surface area contributed by atoms with Crippen LogP contribution < -0.4 is 0 Å². The summed E-state index contributed by atoms with van der Waals surface area (Å²) in [4.78, 5) is 2.49. The molecule has 0 saturated carbocycles. The van der Waals surface area contributed by atoms with Gasteiger partial charge in [-0.2, -0.15) is 0 Å². The summed E-state index contributed by atoms with van der Waals surface area (Å²) in [5.41, 5.74) is 0. The van der Waals surface area contributed by atoms with Gasteiger partial charge >= 0.3 is 0 Å². The molecule has 2 rings (SSSR count). The first-order chi connectivity index (χ1) is 6.36. The van der Waals surface area contributed by atoms with Gasteiger partial charge in [0, 0.05) is 12.6 Å². The van der Waals surface area contributed by atoms with E-state index in [4.69, 9.17) is 4.74 Å². The Bertz CT molecular complexity index is 154. The van der Waals surface area contributed by atoms with Gasteiger partial charge < -0.3 is 9.64 Å². The molecule has 0 aromatic carbocycles. The van der Waals surface area contributed by atoms with Gasteiger partial charge in [-0.05, 0) is 52.1 Å². The second-order valence-electron chi connectivity index (χ2n) is 4.32. The molecule has 0 aromatic rings. The number of ether oxygens (including phenoxy) is 1. The molecule has 0 spiro atoms. The summed E-state index contributed by atoms with van der Waals surface area (Å²) < 4.78 is 5.66. The minimum Gasteiger partial charge on any atom is -0.378 e. The Labute approximate surface area is 81.3 Å². The third-order valence-electron chi connectivity index (χ3n) is 3.31. The van der Waals surface area contributed by atoms with Crippen LogP contribution in [0.3, 0.4) is 0 Å². The Hall–Kier alpha value is -0.0800. The molecular formula is C11H20NO. The minimum absolute atomic E-state index is 0.555. The van der Waals surface area contributed by atoms with Gasteiger partial charge in [-0.25, -0.2) is 0 Å². The van der Waals surface area contributed by atoms with Gasteiger partial charge in [0.25, 0.3) is 0 Å². The number of rotatable bonds is 2. The highest BCUT2D eigenvalue weighted by Gasteiger charge is 2.25. The highest BCUT2D eigenvalue weighted by Crippen LogP contribution is 2.24. The van der Waals surface area contributed by atoms with Crippen LogP contribution in [0.1, 0.15) is 32.1 Å². The van der Waals surface area contributed by atoms with Crippen LogP contribution >= 0.6 is 0 Å². The largest absolute Gasteiger partial charge is 0.378 e. The third-order valence-corrected chi connectivity index (χ3v) is 3.31. The third kappa shape index (κ3) is 2.44. The molecule has 2 atom stereocenters. The zero-order chi connectivity index (χ0) is 9.10. The standard InChI is InChI=1S/C11H20NO/c1-12-7-3-2-5-10(12)9-11-6-4-8-13-11/h2,10-11H,3-9H2,1H3. The Morgan fingerprint density at radius 3 is 3.15 bits per heavy atom. The number of piperidine rings is 1. The van der Waals surface area contributed by atoms with E-state index in [1.165, 1.54) is 38.6 Å². The predicted octanol–water partition coefficient (Wildman–Crippen LogP) is 1.85. The van der Waals surface area contributed by atoms with Crippen molar-refractivity contribution >= 4 is 0 Å². The zero-order valence-electron chi connectivity index (χ0n) is 8.54. The number of hydrogen-bond acceptors (Lipinski definition) is 2. The van der Waals surface area contributed by atoms with Crippen molar-refractivity contribution in [3.8, 4) is 0 Å². The van der Waals surface area contributed by atoms with Crippen LogP contribution in [0.5, 0.6) is 0 Å². The Morgan fingerprint density at radius 1 is 1.54 bits per heavy atom. The second-order valence-corrected chi connectivity index (χ2v) is 4.32. The van der Waals surface area contributed by atoms with Crippen LogP contribution in [0.2, 0.25) is 0 Å². The van der Waals surface area contributed by atoms with Crippen LogP contribution in [0.25, 0.3) is 0 Å². The van der Waals surface area contributed by atoms with Gasteiger partial charge in [0.15, 0.2) is 0 Å². The molecule has 0 aliphatic carbocycles. The van der Waals surface area contributed by atoms with E-state index >= 15 is 0 Å². The van der Waals surface area contributed by atoms with Crippen molar-refractivity contribution in [2.75, 3.05) is 20.2 Å². The Kier molecular flexibility index (Phi) is 3.23. The van der Waals surface area contributed by atoms with Crippen molar-refractivity contribution in [3.63, 3.8) is 0 Å². The normalized spacial score (nSPS) is 36.7. The smallest absolute Gasteiger partial charge is 0.0590 e. The number of hydrogen-bond donors (Lipinski definition) is 0. The van der Waals surface area contributed by atoms with E-state index in [2.05, 4.69) is 18.4 Å². The van der Waals surface area contributed by atoms with E-state index in [0.29, 0.717) is 6.10 Å². The molecule has 2 nitrogen and oxygen atoms in total. The minimum atomic E-state index is 0.555. The lowest BCUT2D eigenvalue weighted by molar-refractivity contribution is 0.0701. The molecule has 0 aromatic heterocycles.